The summed E-state index contributed by atoms with van der Waals surface area (Å²) >= 11 is 0. The summed E-state index contributed by atoms with van der Waals surface area (Å²) in [5, 5.41) is 7.09. The van der Waals surface area contributed by atoms with E-state index in [1.165, 1.54) is 0 Å². The van der Waals surface area contributed by atoms with Gasteiger partial charge in [0.25, 0.3) is 0 Å². The number of benzene rings is 1. The molecule has 26 heavy (non-hydrogen) atoms. The Morgan fingerprint density at radius 3 is 2.88 bits per heavy atom. The van der Waals surface area contributed by atoms with Gasteiger partial charge in [0.1, 0.15) is 6.04 Å². The lowest BCUT2D eigenvalue weighted by Crippen LogP contribution is -2.36. The van der Waals surface area contributed by atoms with Gasteiger partial charge in [-0.05, 0) is 32.3 Å². The molecule has 1 aliphatic carbocycles. The quantitative estimate of drug-likeness (QED) is 0.738. The average molecular weight is 351 g/mol. The van der Waals surface area contributed by atoms with Crippen molar-refractivity contribution in [2.24, 2.45) is 5.41 Å². The van der Waals surface area contributed by atoms with Gasteiger partial charge in [0, 0.05) is 24.5 Å². The van der Waals surface area contributed by atoms with Crippen molar-refractivity contribution in [3.8, 4) is 11.4 Å². The van der Waals surface area contributed by atoms with E-state index in [9.17, 15) is 4.79 Å². The van der Waals surface area contributed by atoms with Gasteiger partial charge in [-0.25, -0.2) is 4.98 Å². The monoisotopic (exact) mass is 351 g/mol. The number of imidazole rings is 1. The van der Waals surface area contributed by atoms with Gasteiger partial charge in [-0.15, -0.1) is 0 Å². The molecular formula is C19H21N5O2. The SMILES string of the molecule is Cc1ccccc1-c1noc([C@H](C)NC(=O)C2(Cn3ccnc3)CC2)n1. The van der Waals surface area contributed by atoms with Crippen LogP contribution in [0.5, 0.6) is 0 Å². The van der Waals surface area contributed by atoms with Crippen molar-refractivity contribution in [2.45, 2.75) is 39.3 Å². The lowest BCUT2D eigenvalue weighted by Gasteiger charge is -2.18. The molecular weight excluding hydrogens is 330 g/mol. The number of nitrogens with zero attached hydrogens (tertiary/aromatic N) is 4. The third-order valence-electron chi connectivity index (χ3n) is 4.93. The number of nitrogens with one attached hydrogen (secondary N) is 1. The summed E-state index contributed by atoms with van der Waals surface area (Å²) in [6.45, 7) is 4.51. The number of hydrogen-bond acceptors (Lipinski definition) is 5. The van der Waals surface area contributed by atoms with Gasteiger partial charge in [-0.2, -0.15) is 4.98 Å². The van der Waals surface area contributed by atoms with Gasteiger partial charge in [0.2, 0.25) is 17.6 Å². The van der Waals surface area contributed by atoms with E-state index in [4.69, 9.17) is 4.52 Å². The van der Waals surface area contributed by atoms with Gasteiger partial charge in [0.05, 0.1) is 11.7 Å². The van der Waals surface area contributed by atoms with Gasteiger partial charge >= 0.3 is 0 Å². The molecule has 1 amide bonds. The van der Waals surface area contributed by atoms with Crippen molar-refractivity contribution >= 4 is 5.91 Å². The Kier molecular flexibility index (Phi) is 4.06. The number of amides is 1. The first-order valence-corrected chi connectivity index (χ1v) is 8.74. The fourth-order valence-electron chi connectivity index (χ4n) is 3.09. The van der Waals surface area contributed by atoms with Crippen LogP contribution < -0.4 is 5.32 Å². The molecule has 1 atom stereocenters. The molecule has 1 aromatic carbocycles. The minimum absolute atomic E-state index is 0.0225. The zero-order chi connectivity index (χ0) is 18.1. The third kappa shape index (κ3) is 3.12. The van der Waals surface area contributed by atoms with Crippen LogP contribution in [0.25, 0.3) is 11.4 Å². The second-order valence-corrected chi connectivity index (χ2v) is 6.98. The molecule has 0 radical (unpaired) electrons. The van der Waals surface area contributed by atoms with Crippen LogP contribution in [0.2, 0.25) is 0 Å². The zero-order valence-electron chi connectivity index (χ0n) is 14.8. The number of rotatable bonds is 6. The normalized spacial score (nSPS) is 16.2. The maximum Gasteiger partial charge on any atom is 0.249 e. The lowest BCUT2D eigenvalue weighted by molar-refractivity contribution is -0.127. The molecule has 1 saturated carbocycles. The maximum atomic E-state index is 12.7. The van der Waals surface area contributed by atoms with Crippen molar-refractivity contribution in [3.63, 3.8) is 0 Å². The fraction of sp³-hybridized carbons (Fsp3) is 0.368. The van der Waals surface area contributed by atoms with E-state index in [2.05, 4.69) is 20.4 Å². The summed E-state index contributed by atoms with van der Waals surface area (Å²) in [5.74, 6) is 0.975. The second kappa shape index (κ2) is 6.40. The van der Waals surface area contributed by atoms with E-state index >= 15 is 0 Å². The lowest BCUT2D eigenvalue weighted by atomic mass is 10.1. The van der Waals surface area contributed by atoms with Crippen LogP contribution in [-0.4, -0.2) is 25.6 Å². The van der Waals surface area contributed by atoms with E-state index in [1.54, 1.807) is 12.5 Å². The Morgan fingerprint density at radius 2 is 2.19 bits per heavy atom. The highest BCUT2D eigenvalue weighted by Crippen LogP contribution is 2.47. The molecule has 134 valence electrons. The van der Waals surface area contributed by atoms with Crippen LogP contribution in [0.1, 0.15) is 37.3 Å². The Labute approximate surface area is 151 Å². The van der Waals surface area contributed by atoms with Crippen molar-refractivity contribution in [1.29, 1.82) is 0 Å². The first kappa shape index (κ1) is 16.5. The number of carbonyl (C=O) groups excluding carboxylic acids is 1. The zero-order valence-corrected chi connectivity index (χ0v) is 14.8. The van der Waals surface area contributed by atoms with E-state index in [0.717, 1.165) is 24.0 Å². The Morgan fingerprint density at radius 1 is 1.38 bits per heavy atom. The van der Waals surface area contributed by atoms with Gasteiger partial charge in [-0.3, -0.25) is 4.79 Å². The highest BCUT2D eigenvalue weighted by Gasteiger charge is 2.50. The predicted octanol–water partition coefficient (Wildman–Crippen LogP) is 2.90. The standard InChI is InChI=1S/C19H21N5O2/c1-13-5-3-4-6-15(13)16-22-17(26-23-16)14(2)21-18(25)19(7-8-19)11-24-10-9-20-12-24/h3-6,9-10,12,14H,7-8,11H2,1-2H3,(H,21,25)/t14-/m0/s1. The molecule has 0 aliphatic heterocycles. The highest BCUT2D eigenvalue weighted by atomic mass is 16.5. The average Bonchev–Trinajstić information content (AvgIpc) is 3.03. The summed E-state index contributed by atoms with van der Waals surface area (Å²) in [4.78, 5) is 21.2. The maximum absolute atomic E-state index is 12.7. The van der Waals surface area contributed by atoms with E-state index in [-0.39, 0.29) is 17.4 Å². The van der Waals surface area contributed by atoms with Crippen molar-refractivity contribution in [3.05, 3.63) is 54.4 Å². The van der Waals surface area contributed by atoms with Crippen LogP contribution in [0, 0.1) is 12.3 Å². The van der Waals surface area contributed by atoms with Gasteiger partial charge < -0.3 is 14.4 Å². The molecule has 1 aliphatic rings. The second-order valence-electron chi connectivity index (χ2n) is 6.98. The predicted molar refractivity (Wildman–Crippen MR) is 94.9 cm³/mol. The van der Waals surface area contributed by atoms with Gasteiger partial charge in [0.15, 0.2) is 0 Å². The van der Waals surface area contributed by atoms with E-state index in [1.807, 2.05) is 48.9 Å². The van der Waals surface area contributed by atoms with Crippen molar-refractivity contribution in [1.82, 2.24) is 25.0 Å². The molecule has 0 saturated heterocycles. The molecule has 0 spiro atoms. The molecule has 4 rings (SSSR count). The van der Waals surface area contributed by atoms with E-state index < -0.39 is 0 Å². The largest absolute Gasteiger partial charge is 0.344 e. The summed E-state index contributed by atoms with van der Waals surface area (Å²) < 4.78 is 7.33. The van der Waals surface area contributed by atoms with Crippen LogP contribution in [0.3, 0.4) is 0 Å². The summed E-state index contributed by atoms with van der Waals surface area (Å²) in [6, 6.07) is 7.53. The molecule has 0 unspecified atom stereocenters. The first-order chi connectivity index (χ1) is 12.6. The van der Waals surface area contributed by atoms with Crippen molar-refractivity contribution < 1.29 is 9.32 Å². The molecule has 1 N–H and O–H groups in total. The Hall–Kier alpha value is -2.96. The van der Waals surface area contributed by atoms with Crippen LogP contribution in [-0.2, 0) is 11.3 Å². The molecule has 2 heterocycles. The Balaban J connectivity index is 1.45. The topological polar surface area (TPSA) is 85.8 Å². The van der Waals surface area contributed by atoms with Crippen LogP contribution in [0.4, 0.5) is 0 Å². The minimum Gasteiger partial charge on any atom is -0.344 e. The fourth-order valence-corrected chi connectivity index (χ4v) is 3.09. The number of aryl methyl sites for hydroxylation is 1. The smallest absolute Gasteiger partial charge is 0.249 e. The molecule has 7 nitrogen and oxygen atoms in total. The summed E-state index contributed by atoms with van der Waals surface area (Å²) in [6.07, 6.45) is 7.10. The molecule has 2 aromatic heterocycles. The summed E-state index contributed by atoms with van der Waals surface area (Å²) in [7, 11) is 0. The van der Waals surface area contributed by atoms with Gasteiger partial charge in [-0.1, -0.05) is 29.4 Å². The number of aromatic nitrogens is 4. The first-order valence-electron chi connectivity index (χ1n) is 8.74. The van der Waals surface area contributed by atoms with Crippen LogP contribution in [0.15, 0.2) is 47.5 Å². The highest BCUT2D eigenvalue weighted by molar-refractivity contribution is 5.85. The molecule has 3 aromatic rings. The minimum atomic E-state index is -0.353. The molecule has 7 heteroatoms. The molecule has 1 fully saturated rings. The van der Waals surface area contributed by atoms with E-state index in [0.29, 0.717) is 18.3 Å². The third-order valence-corrected chi connectivity index (χ3v) is 4.93. The molecule has 0 bridgehead atoms. The number of carbonyl (C=O) groups is 1. The Bertz CT molecular complexity index is 912. The number of hydrogen-bond donors (Lipinski definition) is 1. The van der Waals surface area contributed by atoms with Crippen molar-refractivity contribution in [2.75, 3.05) is 0 Å². The van der Waals surface area contributed by atoms with Crippen LogP contribution >= 0.6 is 0 Å². The summed E-state index contributed by atoms with van der Waals surface area (Å²) in [5.41, 5.74) is 1.65.